The highest BCUT2D eigenvalue weighted by atomic mass is 32.2. The first kappa shape index (κ1) is 17.5. The Balaban J connectivity index is 1.29. The number of nitrogens with zero attached hydrogens (tertiary/aromatic N) is 2. The molecule has 0 atom stereocenters. The summed E-state index contributed by atoms with van der Waals surface area (Å²) in [7, 11) is 0. The van der Waals surface area contributed by atoms with Crippen molar-refractivity contribution in [3.05, 3.63) is 72.2 Å². The quantitative estimate of drug-likeness (QED) is 0.641. The van der Waals surface area contributed by atoms with Crippen molar-refractivity contribution in [1.82, 2.24) is 9.97 Å². The number of amides is 1. The van der Waals surface area contributed by atoms with E-state index in [1.165, 1.54) is 24.0 Å². The van der Waals surface area contributed by atoms with Crippen LogP contribution in [0.5, 0.6) is 11.6 Å². The molecule has 136 valence electrons. The van der Waals surface area contributed by atoms with E-state index in [9.17, 15) is 4.79 Å². The fourth-order valence-corrected chi connectivity index (χ4v) is 3.81. The highest BCUT2D eigenvalue weighted by Crippen LogP contribution is 2.27. The highest BCUT2D eigenvalue weighted by molar-refractivity contribution is 8.00. The van der Waals surface area contributed by atoms with E-state index in [0.29, 0.717) is 17.4 Å². The summed E-state index contributed by atoms with van der Waals surface area (Å²) in [5.74, 6) is 1.43. The van der Waals surface area contributed by atoms with Gasteiger partial charge < -0.3 is 10.1 Å². The molecule has 27 heavy (non-hydrogen) atoms. The lowest BCUT2D eigenvalue weighted by Gasteiger charge is -2.08. The minimum Gasteiger partial charge on any atom is -0.438 e. The van der Waals surface area contributed by atoms with Crippen molar-refractivity contribution in [3.63, 3.8) is 0 Å². The van der Waals surface area contributed by atoms with Gasteiger partial charge in [0.15, 0.2) is 0 Å². The summed E-state index contributed by atoms with van der Waals surface area (Å²) < 4.78 is 5.59. The molecule has 1 amide bonds. The number of nitrogens with one attached hydrogen (secondary N) is 1. The minimum atomic E-state index is -0.0249. The fourth-order valence-electron chi connectivity index (χ4n) is 3.05. The van der Waals surface area contributed by atoms with E-state index in [0.717, 1.165) is 17.0 Å². The molecular weight excluding hydrogens is 358 g/mol. The predicted octanol–water partition coefficient (Wildman–Crippen LogP) is 4.49. The Morgan fingerprint density at radius 2 is 1.93 bits per heavy atom. The molecule has 0 radical (unpaired) electrons. The molecule has 0 aliphatic heterocycles. The van der Waals surface area contributed by atoms with E-state index in [4.69, 9.17) is 4.74 Å². The average molecular weight is 377 g/mol. The largest absolute Gasteiger partial charge is 0.438 e. The molecule has 1 aliphatic rings. The van der Waals surface area contributed by atoms with Crippen LogP contribution < -0.4 is 10.1 Å². The normalized spacial score (nSPS) is 12.4. The van der Waals surface area contributed by atoms with E-state index in [1.807, 2.05) is 12.1 Å². The maximum absolute atomic E-state index is 12.2. The van der Waals surface area contributed by atoms with E-state index in [2.05, 4.69) is 33.5 Å². The molecule has 0 spiro atoms. The topological polar surface area (TPSA) is 64.1 Å². The highest BCUT2D eigenvalue weighted by Gasteiger charge is 2.11. The van der Waals surface area contributed by atoms with E-state index >= 15 is 0 Å². The Morgan fingerprint density at radius 1 is 1.07 bits per heavy atom. The van der Waals surface area contributed by atoms with Crippen LogP contribution in [0.3, 0.4) is 0 Å². The lowest BCUT2D eigenvalue weighted by molar-refractivity contribution is -0.113. The summed E-state index contributed by atoms with van der Waals surface area (Å²) in [6.45, 7) is 0. The molecule has 3 aromatic rings. The molecule has 4 rings (SSSR count). The first-order chi connectivity index (χ1) is 13.3. The monoisotopic (exact) mass is 377 g/mol. The zero-order valence-corrected chi connectivity index (χ0v) is 15.5. The van der Waals surface area contributed by atoms with E-state index < -0.39 is 0 Å². The number of carbonyl (C=O) groups is 1. The number of aromatic nitrogens is 2. The molecule has 5 nitrogen and oxygen atoms in total. The summed E-state index contributed by atoms with van der Waals surface area (Å²) >= 11 is 1.57. The van der Waals surface area contributed by atoms with Crippen LogP contribution in [0.4, 0.5) is 5.69 Å². The first-order valence-corrected chi connectivity index (χ1v) is 9.83. The van der Waals surface area contributed by atoms with Gasteiger partial charge in [-0.25, -0.2) is 4.98 Å². The van der Waals surface area contributed by atoms with Gasteiger partial charge in [0.1, 0.15) is 5.75 Å². The lowest BCUT2D eigenvalue weighted by atomic mass is 10.1. The number of rotatable bonds is 6. The number of hydrogen-bond acceptors (Lipinski definition) is 5. The minimum absolute atomic E-state index is 0.0249. The molecule has 0 saturated carbocycles. The number of thioether (sulfide) groups is 1. The third-order valence-electron chi connectivity index (χ3n) is 4.34. The number of ether oxygens (including phenoxy) is 1. The van der Waals surface area contributed by atoms with Gasteiger partial charge in [0, 0.05) is 23.0 Å². The summed E-state index contributed by atoms with van der Waals surface area (Å²) in [6, 6.07) is 13.7. The molecule has 6 heteroatoms. The summed E-state index contributed by atoms with van der Waals surface area (Å²) in [5, 5.41) is 2.91. The second-order valence-electron chi connectivity index (χ2n) is 6.29. The SMILES string of the molecule is O=C(CSc1ccc2c(c1)CCC2)Nc1ccc(Oc2cnccn2)cc1. The Labute approximate surface area is 162 Å². The standard InChI is InChI=1S/C21H19N3O2S/c25-20(14-27-19-9-4-15-2-1-3-16(15)12-19)24-17-5-7-18(8-6-17)26-21-13-22-10-11-23-21/h4-13H,1-3,14H2,(H,24,25). The van der Waals surface area contributed by atoms with Crippen LogP contribution in [0.25, 0.3) is 0 Å². The van der Waals surface area contributed by atoms with Crippen LogP contribution >= 0.6 is 11.8 Å². The molecule has 0 bridgehead atoms. The number of anilines is 1. The number of aryl methyl sites for hydroxylation is 2. The van der Waals surface area contributed by atoms with Crippen LogP contribution in [0.15, 0.2) is 66.0 Å². The van der Waals surface area contributed by atoms with E-state index in [-0.39, 0.29) is 5.91 Å². The van der Waals surface area contributed by atoms with Gasteiger partial charge in [-0.3, -0.25) is 9.78 Å². The third-order valence-corrected chi connectivity index (χ3v) is 5.33. The lowest BCUT2D eigenvalue weighted by Crippen LogP contribution is -2.13. The third kappa shape index (κ3) is 4.65. The van der Waals surface area contributed by atoms with Gasteiger partial charge in [-0.15, -0.1) is 11.8 Å². The second kappa shape index (κ2) is 8.22. The van der Waals surface area contributed by atoms with Gasteiger partial charge >= 0.3 is 0 Å². The van der Waals surface area contributed by atoms with E-state index in [1.54, 1.807) is 42.5 Å². The summed E-state index contributed by atoms with van der Waals surface area (Å²) in [5.41, 5.74) is 3.62. The van der Waals surface area contributed by atoms with Crippen molar-refractivity contribution in [2.24, 2.45) is 0 Å². The van der Waals surface area contributed by atoms with Gasteiger partial charge in [-0.05, 0) is 66.8 Å². The summed E-state index contributed by atoms with van der Waals surface area (Å²) in [6.07, 6.45) is 8.28. The molecule has 0 fully saturated rings. The Kier molecular flexibility index (Phi) is 5.34. The predicted molar refractivity (Wildman–Crippen MR) is 106 cm³/mol. The van der Waals surface area contributed by atoms with Gasteiger partial charge in [-0.2, -0.15) is 0 Å². The van der Waals surface area contributed by atoms with Crippen molar-refractivity contribution in [2.45, 2.75) is 24.2 Å². The molecular formula is C21H19N3O2S. The average Bonchev–Trinajstić information content (AvgIpc) is 3.17. The Hall–Kier alpha value is -2.86. The smallest absolute Gasteiger partial charge is 0.237 e. The number of hydrogen-bond donors (Lipinski definition) is 1. The number of benzene rings is 2. The number of carbonyl (C=O) groups excluding carboxylic acids is 1. The molecule has 1 N–H and O–H groups in total. The fraction of sp³-hybridized carbons (Fsp3) is 0.190. The Morgan fingerprint density at radius 3 is 2.74 bits per heavy atom. The van der Waals surface area contributed by atoms with Crippen molar-refractivity contribution in [3.8, 4) is 11.6 Å². The number of fused-ring (bicyclic) bond motifs is 1. The van der Waals surface area contributed by atoms with Crippen molar-refractivity contribution in [2.75, 3.05) is 11.1 Å². The van der Waals surface area contributed by atoms with Crippen molar-refractivity contribution < 1.29 is 9.53 Å². The molecule has 1 aliphatic carbocycles. The molecule has 0 saturated heterocycles. The van der Waals surface area contributed by atoms with Gasteiger partial charge in [0.25, 0.3) is 0 Å². The van der Waals surface area contributed by atoms with Crippen LogP contribution in [0, 0.1) is 0 Å². The van der Waals surface area contributed by atoms with Crippen LogP contribution in [-0.2, 0) is 17.6 Å². The molecule has 1 heterocycles. The zero-order chi connectivity index (χ0) is 18.5. The van der Waals surface area contributed by atoms with Crippen molar-refractivity contribution in [1.29, 1.82) is 0 Å². The van der Waals surface area contributed by atoms with Crippen LogP contribution in [-0.4, -0.2) is 21.6 Å². The summed E-state index contributed by atoms with van der Waals surface area (Å²) in [4.78, 5) is 21.4. The Bertz CT molecular complexity index is 930. The van der Waals surface area contributed by atoms with Crippen LogP contribution in [0.2, 0.25) is 0 Å². The maximum atomic E-state index is 12.2. The van der Waals surface area contributed by atoms with Gasteiger partial charge in [0.05, 0.1) is 11.9 Å². The molecule has 0 unspecified atom stereocenters. The van der Waals surface area contributed by atoms with Gasteiger partial charge in [0.2, 0.25) is 11.8 Å². The molecule has 2 aromatic carbocycles. The van der Waals surface area contributed by atoms with Crippen molar-refractivity contribution >= 4 is 23.4 Å². The maximum Gasteiger partial charge on any atom is 0.237 e. The molecule has 1 aromatic heterocycles. The van der Waals surface area contributed by atoms with Gasteiger partial charge in [-0.1, -0.05) is 6.07 Å². The first-order valence-electron chi connectivity index (χ1n) is 8.85. The zero-order valence-electron chi connectivity index (χ0n) is 14.7. The van der Waals surface area contributed by atoms with Crippen LogP contribution in [0.1, 0.15) is 17.5 Å². The second-order valence-corrected chi connectivity index (χ2v) is 7.34.